The van der Waals surface area contributed by atoms with Gasteiger partial charge in [0.15, 0.2) is 5.79 Å². The molecule has 4 nitrogen and oxygen atoms in total. The van der Waals surface area contributed by atoms with Crippen molar-refractivity contribution in [1.82, 2.24) is 0 Å². The van der Waals surface area contributed by atoms with E-state index in [1.54, 1.807) is 5.57 Å². The molecular weight excluding hydrogens is 515 g/mol. The maximum atomic E-state index is 12.7. The predicted octanol–water partition coefficient (Wildman–Crippen LogP) is 8.34. The van der Waals surface area contributed by atoms with E-state index < -0.39 is 7.26 Å². The van der Waals surface area contributed by atoms with Crippen LogP contribution in [0.1, 0.15) is 105 Å². The first kappa shape index (κ1) is 29.6. The molecule has 0 bridgehead atoms. The maximum absolute atomic E-state index is 12.7. The van der Waals surface area contributed by atoms with E-state index in [0.29, 0.717) is 35.7 Å². The Labute approximate surface area is 245 Å². The highest BCUT2D eigenvalue weighted by Crippen LogP contribution is 2.70. The van der Waals surface area contributed by atoms with E-state index in [2.05, 4.69) is 53.8 Å². The number of esters is 1. The van der Waals surface area contributed by atoms with E-state index >= 15 is 0 Å². The number of ether oxygens (including phenoxy) is 3. The van der Waals surface area contributed by atoms with Crippen LogP contribution < -0.4 is 0 Å². The third-order valence-electron chi connectivity index (χ3n) is 13.1. The molecule has 5 heteroatoms. The van der Waals surface area contributed by atoms with E-state index in [0.717, 1.165) is 56.5 Å². The summed E-state index contributed by atoms with van der Waals surface area (Å²) < 4.78 is 19.5. The molecule has 6 aliphatic rings. The quantitative estimate of drug-likeness (QED) is 0.139. The Morgan fingerprint density at radius 2 is 1.85 bits per heavy atom. The fourth-order valence-electron chi connectivity index (χ4n) is 10.8. The van der Waals surface area contributed by atoms with E-state index in [4.69, 9.17) is 14.2 Å². The molecule has 40 heavy (non-hydrogen) atoms. The van der Waals surface area contributed by atoms with Crippen LogP contribution in [0.4, 0.5) is 0 Å². The minimum absolute atomic E-state index is 0.0318. The van der Waals surface area contributed by atoms with Crippen LogP contribution in [0, 0.1) is 46.3 Å². The zero-order valence-electron chi connectivity index (χ0n) is 26.7. The zero-order chi connectivity index (χ0) is 28.5. The Kier molecular flexibility index (Phi) is 7.87. The minimum Gasteiger partial charge on any atom is -0.462 e. The monoisotopic (exact) mass is 573 g/mol. The highest BCUT2D eigenvalue weighted by atomic mass is 31.2. The van der Waals surface area contributed by atoms with Crippen molar-refractivity contribution in [2.24, 2.45) is 46.3 Å². The molecule has 2 aliphatic heterocycles. The molecule has 3 saturated carbocycles. The second-order valence-corrected chi connectivity index (χ2v) is 21.6. The molecule has 0 N–H and O–H groups in total. The molecule has 0 amide bonds. The molecular formula is C35H58O4P+. The highest BCUT2D eigenvalue weighted by Gasteiger charge is 2.68. The Balaban J connectivity index is 1.09. The van der Waals surface area contributed by atoms with E-state index in [-0.39, 0.29) is 23.3 Å². The van der Waals surface area contributed by atoms with Crippen LogP contribution in [0.3, 0.4) is 0 Å². The largest absolute Gasteiger partial charge is 0.462 e. The fourth-order valence-corrected chi connectivity index (χ4v) is 12.0. The first-order valence-corrected chi connectivity index (χ1v) is 20.2. The van der Waals surface area contributed by atoms with Gasteiger partial charge in [0.25, 0.3) is 0 Å². The second kappa shape index (κ2) is 10.6. The van der Waals surface area contributed by atoms with Crippen molar-refractivity contribution in [3.8, 4) is 0 Å². The van der Waals surface area contributed by atoms with Gasteiger partial charge in [-0.05, 0) is 98.2 Å². The second-order valence-electron chi connectivity index (χ2n) is 16.6. The van der Waals surface area contributed by atoms with Crippen molar-refractivity contribution in [3.63, 3.8) is 0 Å². The summed E-state index contributed by atoms with van der Waals surface area (Å²) in [5.74, 6) is 3.77. The summed E-state index contributed by atoms with van der Waals surface area (Å²) >= 11 is 0. The molecule has 0 radical (unpaired) electrons. The first-order valence-electron chi connectivity index (χ1n) is 16.9. The molecule has 6 rings (SSSR count). The lowest BCUT2D eigenvalue weighted by Crippen LogP contribution is -2.52. The van der Waals surface area contributed by atoms with Crippen LogP contribution in [-0.4, -0.2) is 56.7 Å². The van der Waals surface area contributed by atoms with Gasteiger partial charge in [-0.15, -0.1) is 0 Å². The van der Waals surface area contributed by atoms with E-state index in [1.165, 1.54) is 44.7 Å². The zero-order valence-corrected chi connectivity index (χ0v) is 27.6. The van der Waals surface area contributed by atoms with Crippen LogP contribution in [0.2, 0.25) is 0 Å². The predicted molar refractivity (Wildman–Crippen MR) is 165 cm³/mol. The summed E-state index contributed by atoms with van der Waals surface area (Å²) in [6.45, 7) is 18.0. The number of fused-ring (bicyclic) bond motifs is 7. The number of hydrogen-bond donors (Lipinski definition) is 0. The molecule has 5 fully saturated rings. The Morgan fingerprint density at radius 3 is 2.58 bits per heavy atom. The molecule has 0 aromatic rings. The average molecular weight is 574 g/mol. The SMILES string of the molecule is C[C@@H]1CC[C@@]2(OC1)O[C@H]1C[C@H]3[C@@H]4CC=C5C[C@@H](OC(=O)CCCC[P+](C)(C)C)CC[C@]5(C)[C@H]4CC[C@]3(C)[C@H]1[C@@H]2C. The summed E-state index contributed by atoms with van der Waals surface area (Å²) in [6.07, 6.45) is 17.6. The van der Waals surface area contributed by atoms with Crippen molar-refractivity contribution in [3.05, 3.63) is 11.6 Å². The lowest BCUT2D eigenvalue weighted by molar-refractivity contribution is -0.272. The molecule has 0 aromatic heterocycles. The Hall–Kier alpha value is -0.440. The number of rotatable bonds is 6. The van der Waals surface area contributed by atoms with Gasteiger partial charge in [-0.3, -0.25) is 4.79 Å². The maximum Gasteiger partial charge on any atom is 0.306 e. The molecule has 0 unspecified atom stereocenters. The van der Waals surface area contributed by atoms with Gasteiger partial charge >= 0.3 is 5.97 Å². The third-order valence-corrected chi connectivity index (χ3v) is 14.7. The molecule has 0 aromatic carbocycles. The molecule has 4 aliphatic carbocycles. The smallest absolute Gasteiger partial charge is 0.306 e. The van der Waals surface area contributed by atoms with Gasteiger partial charge in [-0.25, -0.2) is 0 Å². The summed E-state index contributed by atoms with van der Waals surface area (Å²) in [6, 6.07) is 0. The van der Waals surface area contributed by atoms with Gasteiger partial charge in [0.1, 0.15) is 6.10 Å². The van der Waals surface area contributed by atoms with Crippen LogP contribution in [0.5, 0.6) is 0 Å². The van der Waals surface area contributed by atoms with Crippen LogP contribution in [0.15, 0.2) is 11.6 Å². The lowest BCUT2D eigenvalue weighted by Gasteiger charge is -2.58. The van der Waals surface area contributed by atoms with Gasteiger partial charge < -0.3 is 14.2 Å². The van der Waals surface area contributed by atoms with Gasteiger partial charge in [-0.1, -0.05) is 39.3 Å². The fraction of sp³-hybridized carbons (Fsp3) is 0.914. The third kappa shape index (κ3) is 5.06. The standard InChI is InChI=1S/C35H58O4P/c1-23-13-18-35(37-22-23)24(2)32-30(39-35)21-29-27-12-11-25-20-26(38-31(36)10-8-9-19-40(5,6)7)14-16-33(25,3)28(27)15-17-34(29,32)4/h11,23-24,26-30,32H,8-10,12-22H2,1-7H3/q+1/t23-,24+,26+,27-,28+,29+,30+,32+,33+,34+,35-/m1/s1. The van der Waals surface area contributed by atoms with Crippen molar-refractivity contribution >= 4 is 13.2 Å². The molecule has 11 atom stereocenters. The highest BCUT2D eigenvalue weighted by molar-refractivity contribution is 7.73. The summed E-state index contributed by atoms with van der Waals surface area (Å²) in [5.41, 5.74) is 2.24. The summed E-state index contributed by atoms with van der Waals surface area (Å²) in [5, 5.41) is 0. The summed E-state index contributed by atoms with van der Waals surface area (Å²) in [7, 11) is -0.749. The number of allylic oxidation sites excluding steroid dienone is 1. The normalized spacial score (nSPS) is 48.1. The average Bonchev–Trinajstić information content (AvgIpc) is 3.33. The van der Waals surface area contributed by atoms with Crippen LogP contribution >= 0.6 is 7.26 Å². The van der Waals surface area contributed by atoms with Crippen LogP contribution in [0.25, 0.3) is 0 Å². The van der Waals surface area contributed by atoms with E-state index in [9.17, 15) is 4.79 Å². The number of carbonyl (C=O) groups excluding carboxylic acids is 1. The Morgan fingerprint density at radius 1 is 1.05 bits per heavy atom. The van der Waals surface area contributed by atoms with Gasteiger partial charge in [-0.2, -0.15) is 0 Å². The number of unbranched alkanes of at least 4 members (excludes halogenated alkanes) is 1. The molecule has 2 heterocycles. The van der Waals surface area contributed by atoms with Crippen molar-refractivity contribution in [1.29, 1.82) is 0 Å². The Bertz CT molecular complexity index is 992. The molecule has 2 saturated heterocycles. The summed E-state index contributed by atoms with van der Waals surface area (Å²) in [4.78, 5) is 12.7. The number of carbonyl (C=O) groups is 1. The molecule has 226 valence electrons. The van der Waals surface area contributed by atoms with E-state index in [1.807, 2.05) is 0 Å². The van der Waals surface area contributed by atoms with Crippen molar-refractivity contribution in [2.75, 3.05) is 32.8 Å². The van der Waals surface area contributed by atoms with Gasteiger partial charge in [0.05, 0.1) is 18.9 Å². The lowest BCUT2D eigenvalue weighted by atomic mass is 9.47. The number of hydrogen-bond acceptors (Lipinski definition) is 4. The topological polar surface area (TPSA) is 44.8 Å². The first-order chi connectivity index (χ1) is 18.8. The van der Waals surface area contributed by atoms with Crippen molar-refractivity contribution in [2.45, 2.75) is 123 Å². The molecule has 1 spiro atoms. The van der Waals surface area contributed by atoms with Gasteiger partial charge in [0.2, 0.25) is 0 Å². The van der Waals surface area contributed by atoms with Gasteiger partial charge in [0, 0.05) is 52.4 Å². The minimum atomic E-state index is -0.749. The van der Waals surface area contributed by atoms with Crippen molar-refractivity contribution < 1.29 is 19.0 Å². The van der Waals surface area contributed by atoms with Crippen LogP contribution in [-0.2, 0) is 19.0 Å².